The lowest BCUT2D eigenvalue weighted by Crippen LogP contribution is -2.69. The number of ketones is 1. The van der Waals surface area contributed by atoms with Crippen molar-refractivity contribution in [2.24, 2.45) is 28.6 Å². The summed E-state index contributed by atoms with van der Waals surface area (Å²) in [5.41, 5.74) is -5.51. The van der Waals surface area contributed by atoms with Crippen molar-refractivity contribution < 1.29 is 29.3 Å². The third kappa shape index (κ3) is 1.91. The maximum Gasteiger partial charge on any atom is 0.336 e. The number of carbonyl (C=O) groups is 2. The summed E-state index contributed by atoms with van der Waals surface area (Å²) in [6, 6.07) is 0. The molecule has 6 heteroatoms. The van der Waals surface area contributed by atoms with E-state index in [4.69, 9.17) is 0 Å². The van der Waals surface area contributed by atoms with E-state index < -0.39 is 46.0 Å². The number of carboxylic acid groups (broad SMARTS) is 1. The summed E-state index contributed by atoms with van der Waals surface area (Å²) in [4.78, 5) is 23.8. The van der Waals surface area contributed by atoms with Gasteiger partial charge in [-0.05, 0) is 56.6 Å². The molecule has 3 N–H and O–H groups in total. The van der Waals surface area contributed by atoms with E-state index in [1.54, 1.807) is 26.8 Å². The molecule has 0 aromatic carbocycles. The van der Waals surface area contributed by atoms with E-state index in [1.807, 2.05) is 0 Å². The number of aliphatic carboxylic acids is 1. The van der Waals surface area contributed by atoms with Crippen LogP contribution in [0.1, 0.15) is 46.5 Å². The molecule has 5 nitrogen and oxygen atoms in total. The lowest BCUT2D eigenvalue weighted by Gasteiger charge is -2.62. The third-order valence-corrected chi connectivity index (χ3v) is 8.55. The number of carboxylic acids is 1. The van der Waals surface area contributed by atoms with Gasteiger partial charge in [-0.2, -0.15) is 0 Å². The van der Waals surface area contributed by atoms with Crippen LogP contribution in [0.5, 0.6) is 0 Å². The highest BCUT2D eigenvalue weighted by atomic mass is 19.1. The number of allylic oxidation sites excluding steroid dienone is 4. The van der Waals surface area contributed by atoms with Crippen LogP contribution < -0.4 is 0 Å². The number of aliphatic hydroxyl groups is 2. The van der Waals surface area contributed by atoms with Crippen molar-refractivity contribution >= 4 is 11.8 Å². The molecule has 0 saturated heterocycles. The van der Waals surface area contributed by atoms with Gasteiger partial charge in [0.25, 0.3) is 0 Å². The molecule has 148 valence electrons. The summed E-state index contributed by atoms with van der Waals surface area (Å²) in [5.74, 6) is -2.94. The standard InChI is InChI=1S/C21H27FO5/c1-11-8-15-14-5-4-12-9-13(23)6-7-18(12,2)20(14,22)16(24)10-19(15,3)21(11,27)17(25)26/h6-7,9,11,14-16,24,27H,4-5,8,10H2,1-3H3,(H,25,26)/t11-,14-,15-,16+,18+,19+,20+,21+/m1/s1. The Bertz CT molecular complexity index is 789. The Kier molecular flexibility index (Phi) is 3.69. The molecule has 3 saturated carbocycles. The van der Waals surface area contributed by atoms with E-state index in [0.717, 1.165) is 0 Å². The lowest BCUT2D eigenvalue weighted by atomic mass is 9.45. The minimum atomic E-state index is -2.00. The Morgan fingerprint density at radius 1 is 1.30 bits per heavy atom. The minimum Gasteiger partial charge on any atom is -0.479 e. The first-order valence-electron chi connectivity index (χ1n) is 9.70. The number of carbonyl (C=O) groups excluding carboxylic acids is 1. The lowest BCUT2D eigenvalue weighted by molar-refractivity contribution is -0.225. The molecule has 8 atom stereocenters. The smallest absolute Gasteiger partial charge is 0.336 e. The second-order valence-corrected chi connectivity index (χ2v) is 9.47. The predicted molar refractivity (Wildman–Crippen MR) is 95.5 cm³/mol. The first kappa shape index (κ1) is 18.8. The van der Waals surface area contributed by atoms with Gasteiger partial charge in [0.2, 0.25) is 0 Å². The van der Waals surface area contributed by atoms with Crippen molar-refractivity contribution in [3.8, 4) is 0 Å². The average molecular weight is 378 g/mol. The summed E-state index contributed by atoms with van der Waals surface area (Å²) in [7, 11) is 0. The molecule has 0 heterocycles. The maximum atomic E-state index is 16.8. The second kappa shape index (κ2) is 5.29. The Labute approximate surface area is 158 Å². The van der Waals surface area contributed by atoms with Crippen molar-refractivity contribution in [1.29, 1.82) is 0 Å². The highest BCUT2D eigenvalue weighted by molar-refractivity contribution is 6.01. The fourth-order valence-electron chi connectivity index (χ4n) is 7.00. The summed E-state index contributed by atoms with van der Waals surface area (Å²) in [5, 5.41) is 31.9. The molecule has 0 bridgehead atoms. The Hall–Kier alpha value is -1.53. The Morgan fingerprint density at radius 2 is 1.96 bits per heavy atom. The van der Waals surface area contributed by atoms with Gasteiger partial charge in [0.1, 0.15) is 0 Å². The number of hydrogen-bond donors (Lipinski definition) is 3. The van der Waals surface area contributed by atoms with Gasteiger partial charge in [0, 0.05) is 16.7 Å². The summed E-state index contributed by atoms with van der Waals surface area (Å²) in [6.45, 7) is 5.10. The van der Waals surface area contributed by atoms with E-state index in [2.05, 4.69) is 0 Å². The Balaban J connectivity index is 1.85. The van der Waals surface area contributed by atoms with Crippen LogP contribution in [0.25, 0.3) is 0 Å². The van der Waals surface area contributed by atoms with E-state index in [1.165, 1.54) is 12.2 Å². The molecule has 4 aliphatic carbocycles. The molecule has 0 spiro atoms. The highest BCUT2D eigenvalue weighted by Crippen LogP contribution is 2.70. The molecule has 4 aliphatic rings. The van der Waals surface area contributed by atoms with Crippen LogP contribution in [0.4, 0.5) is 4.39 Å². The van der Waals surface area contributed by atoms with E-state index in [0.29, 0.717) is 24.8 Å². The van der Waals surface area contributed by atoms with Crippen molar-refractivity contribution in [3.63, 3.8) is 0 Å². The highest BCUT2D eigenvalue weighted by Gasteiger charge is 2.76. The number of rotatable bonds is 1. The van der Waals surface area contributed by atoms with Crippen LogP contribution >= 0.6 is 0 Å². The van der Waals surface area contributed by atoms with Crippen LogP contribution in [0.2, 0.25) is 0 Å². The SMILES string of the molecule is C[C@@H]1C[C@@H]2[C@H]3CCC4=CC(=O)C=C[C@]4(C)[C@@]3(F)[C@@H](O)C[C@]2(C)[C@@]1(O)C(=O)O. The zero-order chi connectivity index (χ0) is 20.0. The molecule has 0 radical (unpaired) electrons. The van der Waals surface area contributed by atoms with Crippen molar-refractivity contribution in [3.05, 3.63) is 23.8 Å². The van der Waals surface area contributed by atoms with Gasteiger partial charge < -0.3 is 15.3 Å². The van der Waals surface area contributed by atoms with Crippen molar-refractivity contribution in [2.75, 3.05) is 0 Å². The molecular formula is C21H27FO5. The molecule has 0 aliphatic heterocycles. The van der Waals surface area contributed by atoms with E-state index in [-0.39, 0.29) is 18.1 Å². The number of hydrogen-bond acceptors (Lipinski definition) is 4. The first-order chi connectivity index (χ1) is 12.4. The quantitative estimate of drug-likeness (QED) is 0.651. The zero-order valence-electron chi connectivity index (χ0n) is 15.9. The van der Waals surface area contributed by atoms with Gasteiger partial charge in [-0.1, -0.05) is 25.5 Å². The topological polar surface area (TPSA) is 94.8 Å². The summed E-state index contributed by atoms with van der Waals surface area (Å²) in [6.07, 6.45) is 4.22. The fraction of sp³-hybridized carbons (Fsp3) is 0.714. The van der Waals surface area contributed by atoms with E-state index >= 15 is 4.39 Å². The van der Waals surface area contributed by atoms with Gasteiger partial charge in [0.15, 0.2) is 17.1 Å². The normalized spacial score (nSPS) is 54.0. The number of alkyl halides is 1. The van der Waals surface area contributed by atoms with Gasteiger partial charge in [-0.25, -0.2) is 9.18 Å². The summed E-state index contributed by atoms with van der Waals surface area (Å²) < 4.78 is 16.8. The van der Waals surface area contributed by atoms with Crippen molar-refractivity contribution in [1.82, 2.24) is 0 Å². The van der Waals surface area contributed by atoms with Crippen LogP contribution in [-0.4, -0.2) is 44.4 Å². The molecule has 3 fully saturated rings. The molecule has 27 heavy (non-hydrogen) atoms. The predicted octanol–water partition coefficient (Wildman–Crippen LogP) is 2.42. The first-order valence-corrected chi connectivity index (χ1v) is 9.70. The van der Waals surface area contributed by atoms with Gasteiger partial charge in [-0.3, -0.25) is 4.79 Å². The largest absolute Gasteiger partial charge is 0.479 e. The van der Waals surface area contributed by atoms with Crippen molar-refractivity contribution in [2.45, 2.75) is 63.8 Å². The van der Waals surface area contributed by atoms with Crippen LogP contribution in [0, 0.1) is 28.6 Å². The third-order valence-electron chi connectivity index (χ3n) is 8.55. The molecule has 0 aromatic heterocycles. The summed E-state index contributed by atoms with van der Waals surface area (Å²) >= 11 is 0. The minimum absolute atomic E-state index is 0.123. The molecule has 0 aromatic rings. The van der Waals surface area contributed by atoms with Gasteiger partial charge in [0.05, 0.1) is 6.10 Å². The monoisotopic (exact) mass is 378 g/mol. The number of aliphatic hydroxyl groups excluding tert-OH is 1. The average Bonchev–Trinajstić information content (AvgIpc) is 2.79. The van der Waals surface area contributed by atoms with Gasteiger partial charge >= 0.3 is 5.97 Å². The Morgan fingerprint density at radius 3 is 2.59 bits per heavy atom. The van der Waals surface area contributed by atoms with Crippen LogP contribution in [0.3, 0.4) is 0 Å². The molecule has 4 rings (SSSR count). The van der Waals surface area contributed by atoms with E-state index in [9.17, 15) is 24.9 Å². The number of halogens is 1. The zero-order valence-corrected chi connectivity index (χ0v) is 15.9. The second-order valence-electron chi connectivity index (χ2n) is 9.47. The van der Waals surface area contributed by atoms with Crippen LogP contribution in [0.15, 0.2) is 23.8 Å². The van der Waals surface area contributed by atoms with Crippen LogP contribution in [-0.2, 0) is 9.59 Å². The maximum absolute atomic E-state index is 16.8. The molecular weight excluding hydrogens is 351 g/mol. The molecule has 0 amide bonds. The van der Waals surface area contributed by atoms with Gasteiger partial charge in [-0.15, -0.1) is 0 Å². The fourth-order valence-corrected chi connectivity index (χ4v) is 7.00. The number of fused-ring (bicyclic) bond motifs is 5. The molecule has 0 unspecified atom stereocenters.